The minimum Gasteiger partial charge on any atom is -0.504 e. The van der Waals surface area contributed by atoms with E-state index >= 15 is 0 Å². The van der Waals surface area contributed by atoms with Crippen LogP contribution in [0.15, 0.2) is 18.2 Å². The number of ketones is 1. The zero-order valence-electron chi connectivity index (χ0n) is 11.6. The van der Waals surface area contributed by atoms with Crippen LogP contribution in [0.4, 0.5) is 0 Å². The van der Waals surface area contributed by atoms with E-state index in [0.29, 0.717) is 18.2 Å². The second-order valence-electron chi connectivity index (χ2n) is 4.67. The van der Waals surface area contributed by atoms with Crippen molar-refractivity contribution in [3.05, 3.63) is 23.8 Å². The first kappa shape index (κ1) is 15.9. The predicted molar refractivity (Wildman–Crippen MR) is 79.2 cm³/mol. The Hall–Kier alpha value is -1.20. The number of hydrogen-bond donors (Lipinski definition) is 2. The number of aromatic hydroxyl groups is 2. The van der Waals surface area contributed by atoms with E-state index in [4.69, 9.17) is 0 Å². The Balaban J connectivity index is 2.60. The minimum atomic E-state index is -0.260. The number of likely N-dealkylation sites (N-methyl/N-ethyl adjacent to an activating group) is 1. The number of benzene rings is 1. The number of thioether (sulfide) groups is 1. The highest BCUT2D eigenvalue weighted by Gasteiger charge is 2.15. The SMILES string of the molecule is CSCCC(C)N(C)CC(=O)c1ccc(O)c(O)c1. The molecule has 1 aromatic carbocycles. The highest BCUT2D eigenvalue weighted by molar-refractivity contribution is 7.98. The number of hydrogen-bond acceptors (Lipinski definition) is 5. The summed E-state index contributed by atoms with van der Waals surface area (Å²) in [6, 6.07) is 4.50. The van der Waals surface area contributed by atoms with Crippen LogP contribution in [0.25, 0.3) is 0 Å². The summed E-state index contributed by atoms with van der Waals surface area (Å²) in [4.78, 5) is 14.1. The van der Waals surface area contributed by atoms with Crippen LogP contribution < -0.4 is 0 Å². The van der Waals surface area contributed by atoms with Gasteiger partial charge in [-0.15, -0.1) is 0 Å². The van der Waals surface area contributed by atoms with Crippen LogP contribution in [-0.2, 0) is 0 Å². The average molecular weight is 283 g/mol. The molecule has 5 heteroatoms. The highest BCUT2D eigenvalue weighted by atomic mass is 32.2. The Morgan fingerprint density at radius 1 is 1.37 bits per heavy atom. The lowest BCUT2D eigenvalue weighted by Gasteiger charge is -2.23. The van der Waals surface area contributed by atoms with Gasteiger partial charge in [-0.05, 0) is 50.6 Å². The normalized spacial score (nSPS) is 12.6. The van der Waals surface area contributed by atoms with Crippen LogP contribution in [0.1, 0.15) is 23.7 Å². The van der Waals surface area contributed by atoms with E-state index in [0.717, 1.165) is 12.2 Å². The van der Waals surface area contributed by atoms with E-state index in [2.05, 4.69) is 13.2 Å². The molecule has 0 amide bonds. The number of rotatable bonds is 7. The van der Waals surface area contributed by atoms with Gasteiger partial charge < -0.3 is 10.2 Å². The minimum absolute atomic E-state index is 0.0613. The van der Waals surface area contributed by atoms with E-state index in [9.17, 15) is 15.0 Å². The van der Waals surface area contributed by atoms with Crippen molar-refractivity contribution < 1.29 is 15.0 Å². The van der Waals surface area contributed by atoms with Crippen molar-refractivity contribution in [2.75, 3.05) is 25.6 Å². The van der Waals surface area contributed by atoms with Crippen molar-refractivity contribution in [1.29, 1.82) is 0 Å². The molecule has 2 N–H and O–H groups in total. The molecule has 4 nitrogen and oxygen atoms in total. The van der Waals surface area contributed by atoms with Gasteiger partial charge in [-0.2, -0.15) is 11.8 Å². The van der Waals surface area contributed by atoms with E-state index in [1.165, 1.54) is 18.2 Å². The summed E-state index contributed by atoms with van der Waals surface area (Å²) in [7, 11) is 1.92. The maximum atomic E-state index is 12.1. The lowest BCUT2D eigenvalue weighted by atomic mass is 10.1. The van der Waals surface area contributed by atoms with E-state index in [1.807, 2.05) is 11.9 Å². The monoisotopic (exact) mass is 283 g/mol. The van der Waals surface area contributed by atoms with Gasteiger partial charge in [-0.25, -0.2) is 0 Å². The Bertz CT molecular complexity index is 437. The second kappa shape index (κ2) is 7.40. The standard InChI is InChI=1S/C14H21NO3S/c1-10(6-7-19-3)15(2)9-14(18)11-4-5-12(16)13(17)8-11/h4-5,8,10,16-17H,6-7,9H2,1-3H3. The topological polar surface area (TPSA) is 60.8 Å². The van der Waals surface area contributed by atoms with Gasteiger partial charge in [-0.1, -0.05) is 0 Å². The van der Waals surface area contributed by atoms with Crippen LogP contribution in [0.2, 0.25) is 0 Å². The first-order valence-electron chi connectivity index (χ1n) is 6.20. The maximum absolute atomic E-state index is 12.1. The molecule has 0 radical (unpaired) electrons. The third kappa shape index (κ3) is 4.76. The van der Waals surface area contributed by atoms with Gasteiger partial charge in [0.1, 0.15) is 0 Å². The second-order valence-corrected chi connectivity index (χ2v) is 5.66. The van der Waals surface area contributed by atoms with Gasteiger partial charge in [-0.3, -0.25) is 9.69 Å². The number of carbonyl (C=O) groups excluding carboxylic acids is 1. The van der Waals surface area contributed by atoms with Crippen LogP contribution >= 0.6 is 11.8 Å². The molecule has 0 aliphatic rings. The van der Waals surface area contributed by atoms with Crippen LogP contribution in [-0.4, -0.2) is 52.5 Å². The van der Waals surface area contributed by atoms with Gasteiger partial charge in [0.2, 0.25) is 0 Å². The fourth-order valence-corrected chi connectivity index (χ4v) is 2.26. The number of phenolic OH excluding ortho intramolecular Hbond substituents is 2. The van der Waals surface area contributed by atoms with Crippen molar-refractivity contribution in [3.8, 4) is 11.5 Å². The molecule has 19 heavy (non-hydrogen) atoms. The molecule has 1 atom stereocenters. The molecule has 0 aliphatic carbocycles. The summed E-state index contributed by atoms with van der Waals surface area (Å²) in [6.07, 6.45) is 3.10. The molecule has 0 saturated heterocycles. The molecule has 1 unspecified atom stereocenters. The summed E-state index contributed by atoms with van der Waals surface area (Å²) >= 11 is 1.79. The molecule has 0 bridgehead atoms. The molecule has 106 valence electrons. The van der Waals surface area contributed by atoms with E-state index in [1.54, 1.807) is 11.8 Å². The molecule has 1 rings (SSSR count). The third-order valence-corrected chi connectivity index (χ3v) is 3.83. The molecule has 0 fully saturated rings. The molecule has 0 saturated carbocycles. The molecular formula is C14H21NO3S. The van der Waals surface area contributed by atoms with E-state index in [-0.39, 0.29) is 17.3 Å². The van der Waals surface area contributed by atoms with Crippen LogP contribution in [0, 0.1) is 0 Å². The molecule has 0 spiro atoms. The predicted octanol–water partition coefficient (Wildman–Crippen LogP) is 2.35. The summed E-state index contributed by atoms with van der Waals surface area (Å²) in [6.45, 7) is 2.40. The van der Waals surface area contributed by atoms with Gasteiger partial charge in [0.05, 0.1) is 6.54 Å². The quantitative estimate of drug-likeness (QED) is 0.594. The van der Waals surface area contributed by atoms with E-state index < -0.39 is 0 Å². The first-order valence-corrected chi connectivity index (χ1v) is 7.59. The fourth-order valence-electron chi connectivity index (χ4n) is 1.68. The molecule has 1 aromatic rings. The Morgan fingerprint density at radius 3 is 2.63 bits per heavy atom. The lowest BCUT2D eigenvalue weighted by Crippen LogP contribution is -2.34. The smallest absolute Gasteiger partial charge is 0.176 e. The van der Waals surface area contributed by atoms with Crippen molar-refractivity contribution in [2.24, 2.45) is 0 Å². The average Bonchev–Trinajstić information content (AvgIpc) is 2.38. The highest BCUT2D eigenvalue weighted by Crippen LogP contribution is 2.25. The lowest BCUT2D eigenvalue weighted by molar-refractivity contribution is 0.0923. The van der Waals surface area contributed by atoms with Crippen LogP contribution in [0.3, 0.4) is 0 Å². The van der Waals surface area contributed by atoms with Gasteiger partial charge >= 0.3 is 0 Å². The van der Waals surface area contributed by atoms with Gasteiger partial charge in [0.25, 0.3) is 0 Å². The fraction of sp³-hybridized carbons (Fsp3) is 0.500. The maximum Gasteiger partial charge on any atom is 0.176 e. The summed E-state index contributed by atoms with van der Waals surface area (Å²) in [5, 5.41) is 18.6. The number of phenols is 2. The summed E-state index contributed by atoms with van der Waals surface area (Å²) in [5.74, 6) is 0.538. The Morgan fingerprint density at radius 2 is 2.05 bits per heavy atom. The molecule has 0 heterocycles. The van der Waals surface area contributed by atoms with Crippen molar-refractivity contribution in [2.45, 2.75) is 19.4 Å². The molecule has 0 aromatic heterocycles. The van der Waals surface area contributed by atoms with Crippen molar-refractivity contribution >= 4 is 17.5 Å². The summed E-state index contributed by atoms with van der Waals surface area (Å²) in [5.41, 5.74) is 0.416. The third-order valence-electron chi connectivity index (χ3n) is 3.18. The van der Waals surface area contributed by atoms with Gasteiger partial charge in [0.15, 0.2) is 17.3 Å². The zero-order chi connectivity index (χ0) is 14.4. The van der Waals surface area contributed by atoms with Crippen LogP contribution in [0.5, 0.6) is 11.5 Å². The Kier molecular flexibility index (Phi) is 6.18. The zero-order valence-corrected chi connectivity index (χ0v) is 12.4. The molecule has 0 aliphatic heterocycles. The Labute approximate surface area is 118 Å². The van der Waals surface area contributed by atoms with Gasteiger partial charge in [0, 0.05) is 11.6 Å². The summed E-state index contributed by atoms with van der Waals surface area (Å²) < 4.78 is 0. The largest absolute Gasteiger partial charge is 0.504 e. The first-order chi connectivity index (χ1) is 8.95. The number of Topliss-reactive ketones (excluding diaryl/α,β-unsaturated/α-hetero) is 1. The number of nitrogens with zero attached hydrogens (tertiary/aromatic N) is 1. The number of carbonyl (C=O) groups is 1. The molecular weight excluding hydrogens is 262 g/mol. The van der Waals surface area contributed by atoms with Crippen molar-refractivity contribution in [3.63, 3.8) is 0 Å². The van der Waals surface area contributed by atoms with Crippen molar-refractivity contribution in [1.82, 2.24) is 4.90 Å².